The van der Waals surface area contributed by atoms with E-state index in [9.17, 15) is 4.79 Å². The first-order valence-electron chi connectivity index (χ1n) is 7.20. The number of hydrogen-bond donors (Lipinski definition) is 1. The molecule has 110 valence electrons. The highest BCUT2D eigenvalue weighted by Gasteiger charge is 2.20. The van der Waals surface area contributed by atoms with Crippen LogP contribution in [-0.2, 0) is 4.74 Å². The van der Waals surface area contributed by atoms with Gasteiger partial charge in [-0.15, -0.1) is 0 Å². The SMILES string of the molecule is CCOC(=O)c1cn(C2=NCCN2)c2cc(C)c(C)cc12. The fourth-order valence-corrected chi connectivity index (χ4v) is 2.58. The number of nitrogens with one attached hydrogen (secondary N) is 1. The van der Waals surface area contributed by atoms with Crippen LogP contribution in [-0.4, -0.2) is 36.2 Å². The Balaban J connectivity index is 2.23. The molecule has 0 radical (unpaired) electrons. The van der Waals surface area contributed by atoms with Gasteiger partial charge in [0.2, 0.25) is 5.96 Å². The molecule has 0 fully saturated rings. The van der Waals surface area contributed by atoms with Crippen LogP contribution >= 0.6 is 0 Å². The third-order valence-electron chi connectivity index (χ3n) is 3.80. The molecule has 2 heterocycles. The Hall–Kier alpha value is -2.30. The van der Waals surface area contributed by atoms with Crippen molar-refractivity contribution in [3.05, 3.63) is 35.0 Å². The van der Waals surface area contributed by atoms with Crippen LogP contribution in [0, 0.1) is 13.8 Å². The first kappa shape index (κ1) is 13.7. The van der Waals surface area contributed by atoms with E-state index >= 15 is 0 Å². The van der Waals surface area contributed by atoms with Crippen LogP contribution in [0.1, 0.15) is 28.4 Å². The van der Waals surface area contributed by atoms with Gasteiger partial charge in [0.05, 0.1) is 24.2 Å². The number of nitrogens with zero attached hydrogens (tertiary/aromatic N) is 2. The summed E-state index contributed by atoms with van der Waals surface area (Å²) in [7, 11) is 0. The average molecular weight is 285 g/mol. The van der Waals surface area contributed by atoms with E-state index in [1.165, 1.54) is 5.56 Å². The smallest absolute Gasteiger partial charge is 0.340 e. The predicted molar refractivity (Wildman–Crippen MR) is 83.1 cm³/mol. The Morgan fingerprint density at radius 2 is 2.14 bits per heavy atom. The molecule has 0 atom stereocenters. The lowest BCUT2D eigenvalue weighted by atomic mass is 10.1. The van der Waals surface area contributed by atoms with Gasteiger partial charge >= 0.3 is 5.97 Å². The molecule has 1 aliphatic heterocycles. The molecular weight excluding hydrogens is 266 g/mol. The topological polar surface area (TPSA) is 55.6 Å². The Morgan fingerprint density at radius 3 is 2.81 bits per heavy atom. The molecule has 3 rings (SSSR count). The van der Waals surface area contributed by atoms with Gasteiger partial charge in [-0.1, -0.05) is 0 Å². The number of aliphatic imine (C=N–C) groups is 1. The molecule has 5 heteroatoms. The van der Waals surface area contributed by atoms with Gasteiger partial charge in [0, 0.05) is 18.1 Å². The Bertz CT molecular complexity index is 744. The van der Waals surface area contributed by atoms with Crippen molar-refractivity contribution in [1.82, 2.24) is 9.88 Å². The van der Waals surface area contributed by atoms with Gasteiger partial charge in [-0.25, -0.2) is 4.79 Å². The molecule has 0 bridgehead atoms. The maximum atomic E-state index is 12.2. The van der Waals surface area contributed by atoms with E-state index < -0.39 is 0 Å². The quantitative estimate of drug-likeness (QED) is 0.861. The second kappa shape index (κ2) is 5.24. The van der Waals surface area contributed by atoms with Crippen molar-refractivity contribution in [2.24, 2.45) is 4.99 Å². The number of fused-ring (bicyclic) bond motifs is 1. The minimum absolute atomic E-state index is 0.289. The number of hydrogen-bond acceptors (Lipinski definition) is 4. The molecule has 0 spiro atoms. The maximum absolute atomic E-state index is 12.2. The van der Waals surface area contributed by atoms with E-state index in [0.29, 0.717) is 12.2 Å². The van der Waals surface area contributed by atoms with Crippen LogP contribution in [0.2, 0.25) is 0 Å². The van der Waals surface area contributed by atoms with Crippen molar-refractivity contribution >= 4 is 22.8 Å². The number of benzene rings is 1. The van der Waals surface area contributed by atoms with Crippen molar-refractivity contribution < 1.29 is 9.53 Å². The van der Waals surface area contributed by atoms with E-state index in [1.807, 2.05) is 30.7 Å². The summed E-state index contributed by atoms with van der Waals surface area (Å²) in [6, 6.07) is 4.14. The standard InChI is InChI=1S/C16H19N3O2/c1-4-21-15(20)13-9-19(16-17-5-6-18-16)14-8-11(3)10(2)7-12(13)14/h7-9H,4-6H2,1-3H3,(H,17,18). The largest absolute Gasteiger partial charge is 0.462 e. The van der Waals surface area contributed by atoms with Gasteiger partial charge in [0.15, 0.2) is 0 Å². The third kappa shape index (κ3) is 2.28. The van der Waals surface area contributed by atoms with Crippen LogP contribution in [0.25, 0.3) is 10.9 Å². The molecule has 1 aliphatic rings. The summed E-state index contributed by atoms with van der Waals surface area (Å²) in [6.45, 7) is 7.89. The van der Waals surface area contributed by atoms with Gasteiger partial charge in [-0.3, -0.25) is 9.56 Å². The average Bonchev–Trinajstić information content (AvgIpc) is 3.07. The highest BCUT2D eigenvalue weighted by atomic mass is 16.5. The summed E-state index contributed by atoms with van der Waals surface area (Å²) in [5, 5.41) is 4.15. The number of rotatable bonds is 2. The summed E-state index contributed by atoms with van der Waals surface area (Å²) in [5.41, 5.74) is 3.92. The zero-order chi connectivity index (χ0) is 15.0. The molecule has 0 saturated carbocycles. The fourth-order valence-electron chi connectivity index (χ4n) is 2.58. The second-order valence-corrected chi connectivity index (χ2v) is 5.22. The van der Waals surface area contributed by atoms with Crippen LogP contribution < -0.4 is 5.32 Å². The lowest BCUT2D eigenvalue weighted by Gasteiger charge is -2.07. The van der Waals surface area contributed by atoms with Gasteiger partial charge in [0.1, 0.15) is 0 Å². The van der Waals surface area contributed by atoms with Crippen LogP contribution in [0.3, 0.4) is 0 Å². The van der Waals surface area contributed by atoms with E-state index in [2.05, 4.69) is 23.3 Å². The van der Waals surface area contributed by atoms with Gasteiger partial charge in [-0.2, -0.15) is 0 Å². The highest BCUT2D eigenvalue weighted by molar-refractivity contribution is 6.08. The molecule has 0 amide bonds. The maximum Gasteiger partial charge on any atom is 0.340 e. The Kier molecular flexibility index (Phi) is 3.41. The van der Waals surface area contributed by atoms with Crippen molar-refractivity contribution in [2.75, 3.05) is 19.7 Å². The van der Waals surface area contributed by atoms with Gasteiger partial charge in [-0.05, 0) is 44.0 Å². The van der Waals surface area contributed by atoms with Crippen molar-refractivity contribution in [3.8, 4) is 0 Å². The number of ether oxygens (including phenoxy) is 1. The summed E-state index contributed by atoms with van der Waals surface area (Å²) in [5.74, 6) is 0.502. The number of carbonyl (C=O) groups excluding carboxylic acids is 1. The minimum Gasteiger partial charge on any atom is -0.462 e. The number of aryl methyl sites for hydroxylation is 2. The molecular formula is C16H19N3O2. The normalized spacial score (nSPS) is 14.1. The summed E-state index contributed by atoms with van der Waals surface area (Å²) in [4.78, 5) is 16.6. The van der Waals surface area contributed by atoms with E-state index in [-0.39, 0.29) is 5.97 Å². The molecule has 21 heavy (non-hydrogen) atoms. The molecule has 0 aliphatic carbocycles. The molecule has 1 aromatic carbocycles. The molecule has 5 nitrogen and oxygen atoms in total. The molecule has 0 unspecified atom stereocenters. The minimum atomic E-state index is -0.289. The Labute approximate surface area is 123 Å². The highest BCUT2D eigenvalue weighted by Crippen LogP contribution is 2.26. The van der Waals surface area contributed by atoms with Gasteiger partial charge < -0.3 is 10.1 Å². The molecule has 0 saturated heterocycles. The molecule has 1 aromatic heterocycles. The predicted octanol–water partition coefficient (Wildman–Crippen LogP) is 2.24. The number of esters is 1. The zero-order valence-electron chi connectivity index (χ0n) is 12.6. The summed E-state index contributed by atoms with van der Waals surface area (Å²) < 4.78 is 7.12. The van der Waals surface area contributed by atoms with Crippen LogP contribution in [0.5, 0.6) is 0 Å². The fraction of sp³-hybridized carbons (Fsp3) is 0.375. The Morgan fingerprint density at radius 1 is 1.38 bits per heavy atom. The van der Waals surface area contributed by atoms with E-state index in [1.54, 1.807) is 0 Å². The zero-order valence-corrected chi connectivity index (χ0v) is 12.6. The first-order chi connectivity index (χ1) is 10.1. The lowest BCUT2D eigenvalue weighted by Crippen LogP contribution is -2.25. The lowest BCUT2D eigenvalue weighted by molar-refractivity contribution is 0.0528. The van der Waals surface area contributed by atoms with Crippen LogP contribution in [0.4, 0.5) is 0 Å². The van der Waals surface area contributed by atoms with Gasteiger partial charge in [0.25, 0.3) is 0 Å². The van der Waals surface area contributed by atoms with Crippen LogP contribution in [0.15, 0.2) is 23.3 Å². The third-order valence-corrected chi connectivity index (χ3v) is 3.80. The van der Waals surface area contributed by atoms with Crippen molar-refractivity contribution in [1.29, 1.82) is 0 Å². The van der Waals surface area contributed by atoms with E-state index in [4.69, 9.17) is 4.74 Å². The molecule has 1 N–H and O–H groups in total. The van der Waals surface area contributed by atoms with E-state index in [0.717, 1.165) is 35.5 Å². The second-order valence-electron chi connectivity index (χ2n) is 5.22. The number of aromatic nitrogens is 1. The number of carbonyl (C=O) groups is 1. The summed E-state index contributed by atoms with van der Waals surface area (Å²) in [6.07, 6.45) is 1.82. The van der Waals surface area contributed by atoms with Crippen molar-refractivity contribution in [2.45, 2.75) is 20.8 Å². The van der Waals surface area contributed by atoms with Crippen molar-refractivity contribution in [3.63, 3.8) is 0 Å². The monoisotopic (exact) mass is 285 g/mol. The summed E-state index contributed by atoms with van der Waals surface area (Å²) >= 11 is 0. The first-order valence-corrected chi connectivity index (χ1v) is 7.20. The molecule has 2 aromatic rings.